The van der Waals surface area contributed by atoms with Gasteiger partial charge in [-0.2, -0.15) is 0 Å². The number of nitrogens with two attached hydrogens (primary N) is 5. The van der Waals surface area contributed by atoms with Gasteiger partial charge in [-0.1, -0.05) is 12.5 Å². The van der Waals surface area contributed by atoms with E-state index in [0.717, 1.165) is 0 Å². The summed E-state index contributed by atoms with van der Waals surface area (Å²) in [7, 11) is 1.56. The molecule has 1 aromatic heterocycles. The van der Waals surface area contributed by atoms with Gasteiger partial charge >= 0.3 is 5.97 Å². The summed E-state index contributed by atoms with van der Waals surface area (Å²) in [6.07, 6.45) is 5.58. The first-order chi connectivity index (χ1) is 34.8. The van der Waals surface area contributed by atoms with Gasteiger partial charge in [-0.25, -0.2) is 14.8 Å². The van der Waals surface area contributed by atoms with Crippen LogP contribution < -0.4 is 71.2 Å². The largest absolute Gasteiger partial charge is 0.477 e. The molecule has 0 aliphatic carbocycles. The van der Waals surface area contributed by atoms with Crippen molar-refractivity contribution in [3.05, 3.63) is 30.0 Å². The number of aromatic amines is 1. The molecule has 1 aliphatic heterocycles. The molecular weight excluding hydrogens is 957 g/mol. The first-order valence-corrected chi connectivity index (χ1v) is 24.2. The van der Waals surface area contributed by atoms with Gasteiger partial charge in [-0.05, 0) is 97.8 Å². The minimum absolute atomic E-state index is 0.0438. The van der Waals surface area contributed by atoms with Gasteiger partial charge in [0.05, 0.1) is 25.0 Å². The minimum Gasteiger partial charge on any atom is -0.477 e. The Bertz CT molecular complexity index is 2070. The molecule has 0 unspecified atom stereocenters. The molecule has 0 bridgehead atoms. The van der Waals surface area contributed by atoms with Crippen LogP contribution in [0.15, 0.2) is 29.3 Å². The Hall–Kier alpha value is -6.92. The number of aliphatic hydroxyl groups excluding tert-OH is 1. The molecule has 8 amide bonds. The fourth-order valence-electron chi connectivity index (χ4n) is 7.39. The zero-order valence-electron chi connectivity index (χ0n) is 41.5. The number of carbonyl (C=O) groups is 9. The van der Waals surface area contributed by atoms with E-state index in [1.165, 1.54) is 30.4 Å². The number of carboxylic acid groups (broad SMARTS) is 1. The van der Waals surface area contributed by atoms with E-state index < -0.39 is 114 Å². The molecule has 29 nitrogen and oxygen atoms in total. The first kappa shape index (κ1) is 62.2. The van der Waals surface area contributed by atoms with E-state index in [1.54, 1.807) is 7.05 Å². The molecule has 1 fully saturated rings. The number of aliphatic hydroxyl groups is 1. The summed E-state index contributed by atoms with van der Waals surface area (Å²) in [6, 6.07) is -7.33. The number of hydrogen-bond donors (Lipinski definition) is 17. The minimum atomic E-state index is -1.53. The van der Waals surface area contributed by atoms with Gasteiger partial charge in [0.15, 0.2) is 5.96 Å². The second-order valence-electron chi connectivity index (χ2n) is 17.1. The van der Waals surface area contributed by atoms with Crippen LogP contribution in [0.4, 0.5) is 0 Å². The summed E-state index contributed by atoms with van der Waals surface area (Å²) in [5.74, 6) is -8.32. The van der Waals surface area contributed by atoms with Crippen molar-refractivity contribution in [1.29, 1.82) is 5.41 Å². The van der Waals surface area contributed by atoms with E-state index in [2.05, 4.69) is 57.5 Å². The number of aliphatic carboxylic acids is 1. The van der Waals surface area contributed by atoms with Crippen molar-refractivity contribution in [3.63, 3.8) is 0 Å². The number of rotatable bonds is 34. The van der Waals surface area contributed by atoms with Crippen molar-refractivity contribution >= 4 is 64.9 Å². The maximum absolute atomic E-state index is 14.1. The summed E-state index contributed by atoms with van der Waals surface area (Å²) >= 11 is 0. The van der Waals surface area contributed by atoms with E-state index in [-0.39, 0.29) is 76.4 Å². The van der Waals surface area contributed by atoms with Crippen LogP contribution in [0.5, 0.6) is 0 Å². The molecule has 1 saturated heterocycles. The molecule has 2 heterocycles. The van der Waals surface area contributed by atoms with Crippen molar-refractivity contribution in [2.75, 3.05) is 52.9 Å². The highest BCUT2D eigenvalue weighted by Gasteiger charge is 2.39. The monoisotopic (exact) mass is 1030 g/mol. The number of likely N-dealkylation sites (N-methyl/N-ethyl adjacent to an activating group) is 1. The molecule has 22 N–H and O–H groups in total. The highest BCUT2D eigenvalue weighted by atomic mass is 16.4. The lowest BCUT2D eigenvalue weighted by atomic mass is 10.1. The zero-order chi connectivity index (χ0) is 54.5. The van der Waals surface area contributed by atoms with Crippen LogP contribution >= 0.6 is 0 Å². The van der Waals surface area contributed by atoms with E-state index in [9.17, 15) is 53.4 Å². The molecule has 1 aliphatic rings. The molecule has 0 radical (unpaired) electrons. The summed E-state index contributed by atoms with van der Waals surface area (Å²) in [5, 5.41) is 47.7. The van der Waals surface area contributed by atoms with Crippen LogP contribution in [0.1, 0.15) is 83.2 Å². The van der Waals surface area contributed by atoms with E-state index in [0.29, 0.717) is 50.8 Å². The molecule has 29 heteroatoms. The number of imidazole rings is 1. The van der Waals surface area contributed by atoms with Crippen LogP contribution in [0.2, 0.25) is 0 Å². The number of nitrogens with zero attached hydrogens (tertiary/aromatic N) is 3. The maximum atomic E-state index is 14.1. The number of aromatic nitrogens is 2. The molecule has 7 atom stereocenters. The fraction of sp³-hybridized carbons (Fsp3) is 0.636. The number of unbranched alkanes of at least 4 members (excludes halogenated alkanes) is 2. The predicted molar refractivity (Wildman–Crippen MR) is 266 cm³/mol. The Labute approximate surface area is 423 Å². The Morgan fingerprint density at radius 1 is 0.863 bits per heavy atom. The highest BCUT2D eigenvalue weighted by Crippen LogP contribution is 2.20. The Morgan fingerprint density at radius 3 is 2.11 bits per heavy atom. The Morgan fingerprint density at radius 2 is 1.52 bits per heavy atom. The number of guanidine groups is 1. The quantitative estimate of drug-likeness (QED) is 0.0132. The number of nitrogens with one attached hydrogen (secondary N) is 10. The van der Waals surface area contributed by atoms with Gasteiger partial charge < -0.3 is 91.3 Å². The molecule has 408 valence electrons. The number of aliphatic imine (C=N–C) groups is 1. The van der Waals surface area contributed by atoms with Crippen molar-refractivity contribution in [1.82, 2.24) is 57.4 Å². The average Bonchev–Trinajstić information content (AvgIpc) is 4.08. The number of likely N-dealkylation sites (tertiary alicyclic amines) is 1. The van der Waals surface area contributed by atoms with Gasteiger partial charge in [-0.15, -0.1) is 0 Å². The number of hydrogen-bond acceptors (Lipinski definition) is 17. The van der Waals surface area contributed by atoms with Crippen molar-refractivity contribution in [2.24, 2.45) is 33.7 Å². The van der Waals surface area contributed by atoms with E-state index in [1.807, 2.05) is 0 Å². The van der Waals surface area contributed by atoms with E-state index >= 15 is 0 Å². The SMILES string of the molecule is CN[C@@H](CCCCN)C(=O)N[C@H](C(=O)N[C@@H](C)C(=O)NCC(=O)/N=C(\CCCN)C(=O)N1CCC[C@H]1C(=O)N[C@@H](Cc1cnc[nH]1)C(=O)N[C@@H](CCCCN)C(=O)N/C(=C\CCNC(=N)N)C(=O)O)[C@@H](O)CN. The van der Waals surface area contributed by atoms with Crippen molar-refractivity contribution < 1.29 is 53.4 Å². The fourth-order valence-corrected chi connectivity index (χ4v) is 7.39. The van der Waals surface area contributed by atoms with Gasteiger partial charge in [-0.3, -0.25) is 43.8 Å². The van der Waals surface area contributed by atoms with E-state index in [4.69, 9.17) is 34.1 Å². The van der Waals surface area contributed by atoms with Gasteiger partial charge in [0.2, 0.25) is 35.4 Å². The number of H-pyrrole nitrogens is 1. The Balaban J connectivity index is 2.25. The smallest absolute Gasteiger partial charge is 0.352 e. The third kappa shape index (κ3) is 22.2. The Kier molecular flexibility index (Phi) is 28.7. The third-order valence-corrected chi connectivity index (χ3v) is 11.4. The first-order valence-electron chi connectivity index (χ1n) is 24.2. The molecule has 73 heavy (non-hydrogen) atoms. The zero-order valence-corrected chi connectivity index (χ0v) is 41.5. The average molecular weight is 1030 g/mol. The summed E-state index contributed by atoms with van der Waals surface area (Å²) in [6.45, 7) is 1.15. The third-order valence-electron chi connectivity index (χ3n) is 11.4. The van der Waals surface area contributed by atoms with Crippen molar-refractivity contribution in [2.45, 2.75) is 126 Å². The molecular formula is C44H76N18O11. The molecule has 0 spiro atoms. The number of carboxylic acids is 1. The molecule has 0 saturated carbocycles. The predicted octanol–water partition coefficient (Wildman–Crippen LogP) is -6.15. The van der Waals surface area contributed by atoms with Crippen LogP contribution in [0.3, 0.4) is 0 Å². The van der Waals surface area contributed by atoms with Gasteiger partial charge in [0.1, 0.15) is 41.6 Å². The maximum Gasteiger partial charge on any atom is 0.352 e. The van der Waals surface area contributed by atoms with Gasteiger partial charge in [0.25, 0.3) is 11.8 Å². The van der Waals surface area contributed by atoms with Crippen LogP contribution in [0, 0.1) is 5.41 Å². The number of carbonyl (C=O) groups excluding carboxylic acids is 8. The normalized spacial score (nSPS) is 16.2. The molecule has 1 aromatic rings. The second-order valence-corrected chi connectivity index (χ2v) is 17.1. The van der Waals surface area contributed by atoms with Crippen molar-refractivity contribution in [3.8, 4) is 0 Å². The standard InChI is InChI=1S/C44H76N18O11/c1-25(56-41(70)35(33(63)21-48)61-37(66)27(51-2)10-3-5-15-45)36(65)54-23-34(64)57-29(12-7-17-47)42(71)62-19-9-14-32(62)40(69)60-31(20-26-22-52-24-55-26)39(68)58-28(11-4-6-16-46)38(67)59-30(43(72)73)13-8-18-53-44(49)50/h13,22,24-25,27-28,31-33,35,51,63H,3-12,14-21,23,45-48H2,1-2H3,(H,52,55)(H,54,65)(H,56,70)(H,58,68)(H,59,67)(H,60,69)(H,61,66)(H,72,73)(H4,49,50,53)/b30-13-,57-29+/t25-,27-,28-,31-,32-,33-,35-/m0/s1. The van der Waals surface area contributed by atoms with Crippen LogP contribution in [-0.4, -0.2) is 185 Å². The summed E-state index contributed by atoms with van der Waals surface area (Å²) < 4.78 is 0. The number of amides is 8. The molecule has 0 aromatic carbocycles. The summed E-state index contributed by atoms with van der Waals surface area (Å²) in [5.41, 5.74) is 27.5. The van der Waals surface area contributed by atoms with Crippen LogP contribution in [0.25, 0.3) is 0 Å². The summed E-state index contributed by atoms with van der Waals surface area (Å²) in [4.78, 5) is 132. The lowest BCUT2D eigenvalue weighted by Gasteiger charge is -2.27. The van der Waals surface area contributed by atoms with Gasteiger partial charge in [0, 0.05) is 37.9 Å². The van der Waals surface area contributed by atoms with Crippen LogP contribution in [-0.2, 0) is 49.6 Å². The highest BCUT2D eigenvalue weighted by molar-refractivity contribution is 6.40. The lowest BCUT2D eigenvalue weighted by molar-refractivity contribution is -0.137. The second kappa shape index (κ2) is 33.7. The topological polar surface area (TPSA) is 489 Å². The molecule has 2 rings (SSSR count). The lowest BCUT2D eigenvalue weighted by Crippen LogP contribution is -2.60.